The quantitative estimate of drug-likeness (QED) is 0.436. The van der Waals surface area contributed by atoms with Crippen LogP contribution in [0.2, 0.25) is 0 Å². The van der Waals surface area contributed by atoms with Crippen molar-refractivity contribution in [1.29, 1.82) is 0 Å². The number of rotatable bonds is 9. The molecule has 5 nitrogen and oxygen atoms in total. The van der Waals surface area contributed by atoms with E-state index in [1.165, 1.54) is 6.42 Å². The maximum absolute atomic E-state index is 9.92. The molecule has 0 unspecified atom stereocenters. The smallest absolute Gasteiger partial charge is 0.114 e. The third-order valence-corrected chi connectivity index (χ3v) is 3.57. The van der Waals surface area contributed by atoms with E-state index in [1.54, 1.807) is 0 Å². The first kappa shape index (κ1) is 17.6. The Morgan fingerprint density at radius 2 is 1.95 bits per heavy atom. The van der Waals surface area contributed by atoms with Gasteiger partial charge in [-0.25, -0.2) is 0 Å². The molecular weight excluding hydrogens is 260 g/mol. The van der Waals surface area contributed by atoms with Crippen LogP contribution in [0.3, 0.4) is 0 Å². The molecular formula is C15H28O5. The molecule has 0 spiro atoms. The Kier molecular flexibility index (Phi) is 9.05. The van der Waals surface area contributed by atoms with Gasteiger partial charge in [-0.3, -0.25) is 0 Å². The van der Waals surface area contributed by atoms with E-state index in [0.29, 0.717) is 6.61 Å². The van der Waals surface area contributed by atoms with Gasteiger partial charge in [-0.15, -0.1) is 0 Å². The molecule has 0 aromatic rings. The van der Waals surface area contributed by atoms with E-state index in [-0.39, 0.29) is 13.2 Å². The molecule has 0 saturated carbocycles. The average Bonchev–Trinajstić information content (AvgIpc) is 2.45. The molecule has 1 rings (SSSR count). The molecule has 0 aliphatic carbocycles. The van der Waals surface area contributed by atoms with Crippen LogP contribution in [0.1, 0.15) is 39.0 Å². The monoisotopic (exact) mass is 288 g/mol. The summed E-state index contributed by atoms with van der Waals surface area (Å²) in [6.07, 6.45) is 6.55. The first-order chi connectivity index (χ1) is 9.70. The lowest BCUT2D eigenvalue weighted by Crippen LogP contribution is -2.55. The van der Waals surface area contributed by atoms with Gasteiger partial charge < -0.3 is 24.8 Å². The first-order valence-electron chi connectivity index (χ1n) is 7.52. The largest absolute Gasteiger partial charge is 0.394 e. The van der Waals surface area contributed by atoms with Crippen molar-refractivity contribution in [2.24, 2.45) is 0 Å². The summed E-state index contributed by atoms with van der Waals surface area (Å²) in [6.45, 7) is 2.37. The van der Waals surface area contributed by atoms with Gasteiger partial charge >= 0.3 is 0 Å². The summed E-state index contributed by atoms with van der Waals surface area (Å²) in [5.74, 6) is 0. The molecule has 0 radical (unpaired) electrons. The standard InChI is InChI=1S/C15H28O5/c1-2-3-4-5-6-7-8-9-19-15-12(17)11-20-13(10-16)14(15)18/h2-3,12-18H,4-11H2,1H3/b3-2+/t12-,13+,14+,15+/m1/s1. The summed E-state index contributed by atoms with van der Waals surface area (Å²) in [7, 11) is 0. The zero-order chi connectivity index (χ0) is 14.8. The van der Waals surface area contributed by atoms with Crippen LogP contribution < -0.4 is 0 Å². The van der Waals surface area contributed by atoms with Crippen molar-refractivity contribution >= 4 is 0 Å². The summed E-state index contributed by atoms with van der Waals surface area (Å²) < 4.78 is 10.7. The van der Waals surface area contributed by atoms with Crippen LogP contribution in [0.5, 0.6) is 0 Å². The van der Waals surface area contributed by atoms with Gasteiger partial charge in [0, 0.05) is 6.61 Å². The van der Waals surface area contributed by atoms with E-state index in [0.717, 1.165) is 25.7 Å². The van der Waals surface area contributed by atoms with E-state index in [1.807, 2.05) is 6.92 Å². The molecule has 0 amide bonds. The minimum Gasteiger partial charge on any atom is -0.394 e. The van der Waals surface area contributed by atoms with Crippen LogP contribution in [-0.2, 0) is 9.47 Å². The highest BCUT2D eigenvalue weighted by molar-refractivity contribution is 4.87. The molecule has 5 heteroatoms. The van der Waals surface area contributed by atoms with Crippen LogP contribution >= 0.6 is 0 Å². The SMILES string of the molecule is C/C=C/CCCCCCO[C@@H]1[C@@H](O)[C@H](CO)OC[C@H]1O. The maximum atomic E-state index is 9.92. The fourth-order valence-corrected chi connectivity index (χ4v) is 2.33. The molecule has 1 heterocycles. The van der Waals surface area contributed by atoms with Gasteiger partial charge in [-0.05, 0) is 26.2 Å². The van der Waals surface area contributed by atoms with Crippen LogP contribution in [0.25, 0.3) is 0 Å². The Balaban J connectivity index is 2.13. The molecule has 0 bridgehead atoms. The lowest BCUT2D eigenvalue weighted by Gasteiger charge is -2.37. The fraction of sp³-hybridized carbons (Fsp3) is 0.867. The zero-order valence-electron chi connectivity index (χ0n) is 12.3. The lowest BCUT2D eigenvalue weighted by atomic mass is 10.0. The van der Waals surface area contributed by atoms with Crippen molar-refractivity contribution in [3.05, 3.63) is 12.2 Å². The summed E-state index contributed by atoms with van der Waals surface area (Å²) in [4.78, 5) is 0. The number of allylic oxidation sites excluding steroid dienone is 2. The van der Waals surface area contributed by atoms with Gasteiger partial charge in [-0.1, -0.05) is 25.0 Å². The van der Waals surface area contributed by atoms with Gasteiger partial charge in [0.15, 0.2) is 0 Å². The zero-order valence-corrected chi connectivity index (χ0v) is 12.3. The molecule has 1 fully saturated rings. The normalized spacial score (nSPS) is 31.0. The molecule has 118 valence electrons. The number of ether oxygens (including phenoxy) is 2. The number of hydrogen-bond donors (Lipinski definition) is 3. The van der Waals surface area contributed by atoms with Crippen LogP contribution in [0.4, 0.5) is 0 Å². The lowest BCUT2D eigenvalue weighted by molar-refractivity contribution is -0.210. The Morgan fingerprint density at radius 3 is 2.65 bits per heavy atom. The average molecular weight is 288 g/mol. The predicted molar refractivity (Wildman–Crippen MR) is 76.5 cm³/mol. The highest BCUT2D eigenvalue weighted by atomic mass is 16.6. The van der Waals surface area contributed by atoms with Crippen LogP contribution in [0, 0.1) is 0 Å². The van der Waals surface area contributed by atoms with Gasteiger partial charge in [0.05, 0.1) is 13.2 Å². The molecule has 3 N–H and O–H groups in total. The minimum atomic E-state index is -0.974. The Morgan fingerprint density at radius 1 is 1.20 bits per heavy atom. The van der Waals surface area contributed by atoms with Crippen molar-refractivity contribution in [2.45, 2.75) is 63.4 Å². The maximum Gasteiger partial charge on any atom is 0.114 e. The summed E-state index contributed by atoms with van der Waals surface area (Å²) in [6, 6.07) is 0. The number of aliphatic hydroxyl groups is 3. The third kappa shape index (κ3) is 5.89. The van der Waals surface area contributed by atoms with Gasteiger partial charge in [0.2, 0.25) is 0 Å². The Hall–Kier alpha value is -0.460. The van der Waals surface area contributed by atoms with Gasteiger partial charge in [-0.2, -0.15) is 0 Å². The Bertz CT molecular complexity index is 269. The minimum absolute atomic E-state index is 0.0936. The summed E-state index contributed by atoms with van der Waals surface area (Å²) in [5.41, 5.74) is 0. The second-order valence-electron chi connectivity index (χ2n) is 5.22. The highest BCUT2D eigenvalue weighted by Crippen LogP contribution is 2.19. The first-order valence-corrected chi connectivity index (χ1v) is 7.52. The van der Waals surface area contributed by atoms with Crippen LogP contribution in [-0.4, -0.2) is 59.6 Å². The van der Waals surface area contributed by atoms with E-state index in [4.69, 9.17) is 14.6 Å². The van der Waals surface area contributed by atoms with E-state index >= 15 is 0 Å². The summed E-state index contributed by atoms with van der Waals surface area (Å²) in [5, 5.41) is 28.7. The van der Waals surface area contributed by atoms with Gasteiger partial charge in [0.1, 0.15) is 24.4 Å². The van der Waals surface area contributed by atoms with Crippen molar-refractivity contribution in [3.63, 3.8) is 0 Å². The number of unbranched alkanes of at least 4 members (excludes halogenated alkanes) is 4. The highest BCUT2D eigenvalue weighted by Gasteiger charge is 2.38. The predicted octanol–water partition coefficient (Wildman–Crippen LogP) is 1.01. The van der Waals surface area contributed by atoms with Crippen molar-refractivity contribution in [2.75, 3.05) is 19.8 Å². The van der Waals surface area contributed by atoms with Crippen molar-refractivity contribution < 1.29 is 24.8 Å². The molecule has 1 saturated heterocycles. The van der Waals surface area contributed by atoms with Crippen molar-refractivity contribution in [3.8, 4) is 0 Å². The topological polar surface area (TPSA) is 79.2 Å². The summed E-state index contributed by atoms with van der Waals surface area (Å²) >= 11 is 0. The Labute approximate surface area is 121 Å². The van der Waals surface area contributed by atoms with E-state index < -0.39 is 24.4 Å². The number of hydrogen-bond acceptors (Lipinski definition) is 5. The number of aliphatic hydroxyl groups excluding tert-OH is 3. The molecule has 1 aliphatic rings. The van der Waals surface area contributed by atoms with Crippen LogP contribution in [0.15, 0.2) is 12.2 Å². The molecule has 20 heavy (non-hydrogen) atoms. The fourth-order valence-electron chi connectivity index (χ4n) is 2.33. The second kappa shape index (κ2) is 10.3. The molecule has 0 aromatic heterocycles. The van der Waals surface area contributed by atoms with Crippen molar-refractivity contribution in [1.82, 2.24) is 0 Å². The second-order valence-corrected chi connectivity index (χ2v) is 5.22. The molecule has 1 aliphatic heterocycles. The molecule has 4 atom stereocenters. The van der Waals surface area contributed by atoms with Gasteiger partial charge in [0.25, 0.3) is 0 Å². The van der Waals surface area contributed by atoms with E-state index in [2.05, 4.69) is 12.2 Å². The molecule has 0 aromatic carbocycles. The third-order valence-electron chi connectivity index (χ3n) is 3.57. The van der Waals surface area contributed by atoms with E-state index in [9.17, 15) is 10.2 Å².